The molecule has 0 saturated carbocycles. The fourth-order valence-electron chi connectivity index (χ4n) is 3.92. The Bertz CT molecular complexity index is 793. The van der Waals surface area contributed by atoms with Gasteiger partial charge in [-0.25, -0.2) is 0 Å². The maximum Gasteiger partial charge on any atom is -1.00 e. The van der Waals surface area contributed by atoms with Crippen LogP contribution in [0, 0.1) is 13.8 Å². The zero-order valence-corrected chi connectivity index (χ0v) is 18.1. The van der Waals surface area contributed by atoms with Gasteiger partial charge < -0.3 is 24.8 Å². The molecule has 0 aromatic heterocycles. The summed E-state index contributed by atoms with van der Waals surface area (Å²) in [7, 11) is 0. The largest absolute Gasteiger partial charge is 1.00 e. The van der Waals surface area contributed by atoms with E-state index in [-0.39, 0.29) is 44.0 Å². The van der Waals surface area contributed by atoms with Crippen LogP contribution in [0.25, 0.3) is 12.2 Å². The number of fused-ring (bicyclic) bond motifs is 2. The van der Waals surface area contributed by atoms with Crippen molar-refractivity contribution in [1.82, 2.24) is 0 Å². The molecule has 0 heterocycles. The number of aryl methyl sites for hydroxylation is 2. The van der Waals surface area contributed by atoms with Crippen molar-refractivity contribution in [3.05, 3.63) is 80.9 Å². The topological polar surface area (TPSA) is 0 Å². The van der Waals surface area contributed by atoms with Gasteiger partial charge in [-0.2, -0.15) is 0 Å². The van der Waals surface area contributed by atoms with Gasteiger partial charge >= 0.3 is 148 Å². The molecule has 128 valence electrons. The second kappa shape index (κ2) is 7.84. The Kier molecular flexibility index (Phi) is 6.44. The number of rotatable bonds is 2. The SMILES string of the molecule is CC1=Cc2cc(C)ccc2[CH]1[Ti+2][CH]1C(C)=Cc2cc(C)ccc21.[Cl-].[Cl-]. The molecule has 2 aromatic rings. The third kappa shape index (κ3) is 3.69. The van der Waals surface area contributed by atoms with Crippen molar-refractivity contribution in [1.29, 1.82) is 0 Å². The van der Waals surface area contributed by atoms with Gasteiger partial charge in [0.1, 0.15) is 0 Å². The van der Waals surface area contributed by atoms with Crippen LogP contribution in [0.3, 0.4) is 0 Å². The Morgan fingerprint density at radius 3 is 1.44 bits per heavy atom. The van der Waals surface area contributed by atoms with Crippen molar-refractivity contribution in [2.45, 2.75) is 36.1 Å². The molecule has 0 spiro atoms. The molecule has 0 bridgehead atoms. The summed E-state index contributed by atoms with van der Waals surface area (Å²) in [6.45, 7) is 9.03. The van der Waals surface area contributed by atoms with Crippen molar-refractivity contribution < 1.29 is 44.0 Å². The molecule has 0 nitrogen and oxygen atoms in total. The van der Waals surface area contributed by atoms with Crippen LogP contribution in [0.4, 0.5) is 0 Å². The van der Waals surface area contributed by atoms with Gasteiger partial charge in [0.2, 0.25) is 0 Å². The Morgan fingerprint density at radius 2 is 1.04 bits per heavy atom. The van der Waals surface area contributed by atoms with E-state index in [0.717, 1.165) is 0 Å². The van der Waals surface area contributed by atoms with Crippen LogP contribution in [-0.4, -0.2) is 0 Å². The van der Waals surface area contributed by atoms with E-state index in [1.54, 1.807) is 22.3 Å². The van der Waals surface area contributed by atoms with E-state index >= 15 is 0 Å². The minimum Gasteiger partial charge on any atom is -1.00 e. The van der Waals surface area contributed by atoms with Gasteiger partial charge in [-0.05, 0) is 0 Å². The minimum absolute atomic E-state index is 0. The molecule has 0 amide bonds. The van der Waals surface area contributed by atoms with Crippen molar-refractivity contribution in [3.63, 3.8) is 0 Å². The quantitative estimate of drug-likeness (QED) is 0.618. The van der Waals surface area contributed by atoms with E-state index in [1.165, 1.54) is 22.3 Å². The smallest absolute Gasteiger partial charge is 1.00 e. The van der Waals surface area contributed by atoms with Crippen molar-refractivity contribution in [2.24, 2.45) is 0 Å². The Labute approximate surface area is 172 Å². The second-order valence-corrected chi connectivity index (χ2v) is 9.40. The summed E-state index contributed by atoms with van der Waals surface area (Å²) in [6, 6.07) is 14.0. The van der Waals surface area contributed by atoms with Crippen molar-refractivity contribution in [3.8, 4) is 0 Å². The first-order valence-electron chi connectivity index (χ1n) is 8.36. The fraction of sp³-hybridized carbons (Fsp3) is 0.273. The first-order valence-corrected chi connectivity index (χ1v) is 10.2. The molecule has 0 radical (unpaired) electrons. The fourth-order valence-corrected chi connectivity index (χ4v) is 6.90. The molecule has 0 saturated heterocycles. The predicted molar refractivity (Wildman–Crippen MR) is 95.1 cm³/mol. The van der Waals surface area contributed by atoms with Crippen LogP contribution in [0.5, 0.6) is 0 Å². The monoisotopic (exact) mass is 404 g/mol. The molecule has 2 unspecified atom stereocenters. The summed E-state index contributed by atoms with van der Waals surface area (Å²) >= 11 is -0.159. The maximum atomic E-state index is 2.42. The van der Waals surface area contributed by atoms with Crippen LogP contribution in [-0.2, 0) is 19.2 Å². The zero-order valence-electron chi connectivity index (χ0n) is 15.0. The van der Waals surface area contributed by atoms with Gasteiger partial charge in [-0.1, -0.05) is 0 Å². The van der Waals surface area contributed by atoms with Crippen molar-refractivity contribution >= 4 is 12.2 Å². The minimum atomic E-state index is -0.159. The third-order valence-corrected chi connectivity index (χ3v) is 8.55. The average Bonchev–Trinajstić information content (AvgIpc) is 2.96. The number of benzene rings is 2. The van der Waals surface area contributed by atoms with Crippen LogP contribution in [0.15, 0.2) is 47.5 Å². The van der Waals surface area contributed by atoms with Gasteiger partial charge in [0, 0.05) is 0 Å². The molecule has 3 heteroatoms. The molecular weight excluding hydrogens is 383 g/mol. The molecule has 2 aliphatic carbocycles. The number of halogens is 2. The molecular formula is C22H22Cl2Ti. The Balaban J connectivity index is 0.00000113. The van der Waals surface area contributed by atoms with Crippen molar-refractivity contribution in [2.75, 3.05) is 0 Å². The van der Waals surface area contributed by atoms with Gasteiger partial charge in [0.05, 0.1) is 0 Å². The third-order valence-electron chi connectivity index (χ3n) is 5.12. The number of hydrogen-bond acceptors (Lipinski definition) is 0. The maximum absolute atomic E-state index is 2.42. The molecule has 25 heavy (non-hydrogen) atoms. The first-order chi connectivity index (χ1) is 11.0. The molecule has 2 aromatic carbocycles. The summed E-state index contributed by atoms with van der Waals surface area (Å²) in [5.74, 6) is 0. The molecule has 2 atom stereocenters. The van der Waals surface area contributed by atoms with E-state index in [9.17, 15) is 0 Å². The number of hydrogen-bond donors (Lipinski definition) is 0. The van der Waals surface area contributed by atoms with Gasteiger partial charge in [0.15, 0.2) is 0 Å². The van der Waals surface area contributed by atoms with E-state index in [1.807, 2.05) is 0 Å². The van der Waals surface area contributed by atoms with Crippen LogP contribution in [0.1, 0.15) is 55.7 Å². The predicted octanol–water partition coefficient (Wildman–Crippen LogP) is 0.0101. The Hall–Kier alpha value is -0.786. The van der Waals surface area contributed by atoms with E-state index < -0.39 is 0 Å². The van der Waals surface area contributed by atoms with E-state index in [2.05, 4.69) is 76.2 Å². The summed E-state index contributed by atoms with van der Waals surface area (Å²) in [5, 5.41) is 0. The average molecular weight is 405 g/mol. The molecule has 2 aliphatic rings. The molecule has 0 fully saturated rings. The zero-order chi connectivity index (χ0) is 16.1. The second-order valence-electron chi connectivity index (χ2n) is 7.07. The standard InChI is InChI=1S/2C11H11.2ClH.Ti/c2*1-8-3-4-10-6-9(2)7-11(10)5-8;;;/h2*3-7H,1-2H3;2*1H;/q;;;;+2/p-2. The van der Waals surface area contributed by atoms with Crippen LogP contribution in [0.2, 0.25) is 0 Å². The Morgan fingerprint density at radius 1 is 0.640 bits per heavy atom. The van der Waals surface area contributed by atoms with Gasteiger partial charge in [-0.3, -0.25) is 0 Å². The van der Waals surface area contributed by atoms with E-state index in [0.29, 0.717) is 8.45 Å². The van der Waals surface area contributed by atoms with Gasteiger partial charge in [-0.15, -0.1) is 0 Å². The first kappa shape index (κ1) is 20.5. The summed E-state index contributed by atoms with van der Waals surface area (Å²) in [4.78, 5) is 0. The van der Waals surface area contributed by atoms with Crippen LogP contribution >= 0.6 is 0 Å². The number of allylic oxidation sites excluding steroid dienone is 2. The summed E-state index contributed by atoms with van der Waals surface area (Å²) < 4.78 is 1.37. The molecule has 0 aliphatic heterocycles. The van der Waals surface area contributed by atoms with Gasteiger partial charge in [0.25, 0.3) is 0 Å². The normalized spacial score (nSPS) is 19.7. The molecule has 4 rings (SSSR count). The summed E-state index contributed by atoms with van der Waals surface area (Å²) in [5.41, 5.74) is 11.9. The van der Waals surface area contributed by atoms with E-state index in [4.69, 9.17) is 0 Å². The summed E-state index contributed by atoms with van der Waals surface area (Å²) in [6.07, 6.45) is 4.83. The van der Waals surface area contributed by atoms with Crippen LogP contribution < -0.4 is 24.8 Å². The molecule has 0 N–H and O–H groups in total.